The fraction of sp³-hybridized carbons (Fsp3) is 0.0870. The van der Waals surface area contributed by atoms with Gasteiger partial charge in [0.2, 0.25) is 0 Å². The van der Waals surface area contributed by atoms with Crippen molar-refractivity contribution in [2.45, 2.75) is 0 Å². The highest BCUT2D eigenvalue weighted by Crippen LogP contribution is 2.30. The molecular weight excluding hydrogens is 428 g/mol. The maximum atomic E-state index is 12.5. The number of methoxy groups -OCH3 is 2. The first-order valence-corrected chi connectivity index (χ1v) is 10.4. The monoisotopic (exact) mass is 448 g/mol. The van der Waals surface area contributed by atoms with Crippen LogP contribution in [-0.2, 0) is 0 Å². The number of aromatic nitrogens is 1. The molecule has 9 heteroatoms. The Hall–Kier alpha value is -4.11. The molecule has 3 amide bonds. The molecule has 0 saturated heterocycles. The zero-order valence-electron chi connectivity index (χ0n) is 17.3. The van der Waals surface area contributed by atoms with Crippen LogP contribution in [0.15, 0.2) is 66.7 Å². The lowest BCUT2D eigenvalue weighted by molar-refractivity contribution is 0.102. The minimum atomic E-state index is -0.430. The van der Waals surface area contributed by atoms with Gasteiger partial charge in [0.1, 0.15) is 11.5 Å². The minimum Gasteiger partial charge on any atom is -0.497 e. The number of benzene rings is 3. The largest absolute Gasteiger partial charge is 0.497 e. The summed E-state index contributed by atoms with van der Waals surface area (Å²) in [6.45, 7) is 0. The Balaban J connectivity index is 1.45. The zero-order chi connectivity index (χ0) is 22.5. The van der Waals surface area contributed by atoms with Crippen LogP contribution in [0.2, 0.25) is 0 Å². The summed E-state index contributed by atoms with van der Waals surface area (Å²) in [7, 11) is 3.07. The van der Waals surface area contributed by atoms with E-state index in [0.29, 0.717) is 39.1 Å². The molecule has 3 aromatic carbocycles. The second-order valence-electron chi connectivity index (χ2n) is 6.67. The van der Waals surface area contributed by atoms with Gasteiger partial charge in [0.05, 0.1) is 30.1 Å². The van der Waals surface area contributed by atoms with Crippen LogP contribution in [0.5, 0.6) is 11.5 Å². The topological polar surface area (TPSA) is 102 Å². The first kappa shape index (κ1) is 21.1. The summed E-state index contributed by atoms with van der Waals surface area (Å²) in [5.74, 6) is 0.876. The van der Waals surface area contributed by atoms with E-state index in [4.69, 9.17) is 9.47 Å². The highest BCUT2D eigenvalue weighted by molar-refractivity contribution is 7.22. The summed E-state index contributed by atoms with van der Waals surface area (Å²) in [5.41, 5.74) is 2.29. The second-order valence-corrected chi connectivity index (χ2v) is 7.70. The van der Waals surface area contributed by atoms with Crippen molar-refractivity contribution in [3.8, 4) is 11.5 Å². The fourth-order valence-corrected chi connectivity index (χ4v) is 3.85. The van der Waals surface area contributed by atoms with Crippen LogP contribution < -0.4 is 25.4 Å². The quantitative estimate of drug-likeness (QED) is 0.376. The molecule has 0 aliphatic rings. The third kappa shape index (κ3) is 4.79. The molecule has 0 fully saturated rings. The average Bonchev–Trinajstić information content (AvgIpc) is 3.21. The van der Waals surface area contributed by atoms with Crippen molar-refractivity contribution in [3.05, 3.63) is 72.3 Å². The fourth-order valence-electron chi connectivity index (χ4n) is 3.00. The Morgan fingerprint density at radius 2 is 1.69 bits per heavy atom. The van der Waals surface area contributed by atoms with Gasteiger partial charge in [0, 0.05) is 17.3 Å². The van der Waals surface area contributed by atoms with E-state index < -0.39 is 6.03 Å². The molecular formula is C23H20N4O4S. The molecule has 0 atom stereocenters. The molecule has 3 N–H and O–H groups in total. The Morgan fingerprint density at radius 3 is 2.44 bits per heavy atom. The normalized spacial score (nSPS) is 10.4. The lowest BCUT2D eigenvalue weighted by Gasteiger charge is -2.12. The average molecular weight is 449 g/mol. The molecule has 162 valence electrons. The number of hydrogen-bond donors (Lipinski definition) is 3. The van der Waals surface area contributed by atoms with Crippen molar-refractivity contribution in [2.75, 3.05) is 30.2 Å². The molecule has 4 aromatic rings. The van der Waals surface area contributed by atoms with Gasteiger partial charge in [0.15, 0.2) is 5.13 Å². The van der Waals surface area contributed by atoms with Crippen molar-refractivity contribution in [2.24, 2.45) is 0 Å². The number of urea groups is 1. The van der Waals surface area contributed by atoms with Crippen molar-refractivity contribution >= 4 is 50.0 Å². The standard InChI is InChI=1S/C23H20N4O4S/c1-30-16-9-10-17(19(13-16)31-2)25-22(29)24-15-8-11-20-18(12-15)26-23(32-20)27-21(28)14-6-4-3-5-7-14/h3-13H,1-2H3,(H2,24,25,29)(H,26,27,28). The molecule has 4 rings (SSSR count). The molecule has 0 aliphatic carbocycles. The van der Waals surface area contributed by atoms with Gasteiger partial charge in [-0.15, -0.1) is 0 Å². The smallest absolute Gasteiger partial charge is 0.323 e. The van der Waals surface area contributed by atoms with Gasteiger partial charge in [-0.1, -0.05) is 29.5 Å². The van der Waals surface area contributed by atoms with Gasteiger partial charge < -0.3 is 20.1 Å². The maximum absolute atomic E-state index is 12.5. The predicted molar refractivity (Wildman–Crippen MR) is 126 cm³/mol. The molecule has 0 unspecified atom stereocenters. The number of amides is 3. The second kappa shape index (κ2) is 9.36. The lowest BCUT2D eigenvalue weighted by Crippen LogP contribution is -2.19. The Labute approximate surface area is 188 Å². The lowest BCUT2D eigenvalue weighted by atomic mass is 10.2. The number of carbonyl (C=O) groups excluding carboxylic acids is 2. The van der Waals surface area contributed by atoms with E-state index in [2.05, 4.69) is 20.9 Å². The van der Waals surface area contributed by atoms with Gasteiger partial charge >= 0.3 is 6.03 Å². The minimum absolute atomic E-state index is 0.226. The number of nitrogens with zero attached hydrogens (tertiary/aromatic N) is 1. The van der Waals surface area contributed by atoms with Crippen LogP contribution >= 0.6 is 11.3 Å². The van der Waals surface area contributed by atoms with E-state index in [1.807, 2.05) is 12.1 Å². The first-order valence-electron chi connectivity index (χ1n) is 9.63. The number of carbonyl (C=O) groups is 2. The van der Waals surface area contributed by atoms with E-state index in [-0.39, 0.29) is 5.91 Å². The molecule has 0 radical (unpaired) electrons. The van der Waals surface area contributed by atoms with Crippen molar-refractivity contribution < 1.29 is 19.1 Å². The summed E-state index contributed by atoms with van der Waals surface area (Å²) in [5, 5.41) is 8.82. The number of fused-ring (bicyclic) bond motifs is 1. The molecule has 0 spiro atoms. The number of anilines is 3. The summed E-state index contributed by atoms with van der Waals surface area (Å²) in [6, 6.07) is 19.0. The van der Waals surface area contributed by atoms with Crippen LogP contribution in [0.25, 0.3) is 10.2 Å². The van der Waals surface area contributed by atoms with Crippen LogP contribution in [0.4, 0.5) is 21.3 Å². The Bertz CT molecular complexity index is 1270. The van der Waals surface area contributed by atoms with E-state index >= 15 is 0 Å². The molecule has 8 nitrogen and oxygen atoms in total. The van der Waals surface area contributed by atoms with Crippen LogP contribution in [0, 0.1) is 0 Å². The van der Waals surface area contributed by atoms with Crippen molar-refractivity contribution in [1.82, 2.24) is 4.98 Å². The van der Waals surface area contributed by atoms with Crippen molar-refractivity contribution in [1.29, 1.82) is 0 Å². The number of nitrogens with one attached hydrogen (secondary N) is 3. The number of thiazole rings is 1. The SMILES string of the molecule is COc1ccc(NC(=O)Nc2ccc3sc(NC(=O)c4ccccc4)nc3c2)c(OC)c1. The highest BCUT2D eigenvalue weighted by atomic mass is 32.1. The van der Waals surface area contributed by atoms with E-state index in [9.17, 15) is 9.59 Å². The van der Waals surface area contributed by atoms with Crippen LogP contribution in [0.1, 0.15) is 10.4 Å². The summed E-state index contributed by atoms with van der Waals surface area (Å²) in [6.07, 6.45) is 0. The summed E-state index contributed by atoms with van der Waals surface area (Å²) < 4.78 is 11.3. The van der Waals surface area contributed by atoms with Gasteiger partial charge in [-0.3, -0.25) is 10.1 Å². The first-order chi connectivity index (χ1) is 15.6. The number of hydrogen-bond acceptors (Lipinski definition) is 6. The zero-order valence-corrected chi connectivity index (χ0v) is 18.2. The predicted octanol–water partition coefficient (Wildman–Crippen LogP) is 5.21. The van der Waals surface area contributed by atoms with E-state index in [1.54, 1.807) is 61.7 Å². The van der Waals surface area contributed by atoms with E-state index in [0.717, 1.165) is 4.70 Å². The summed E-state index contributed by atoms with van der Waals surface area (Å²) >= 11 is 1.36. The van der Waals surface area contributed by atoms with Gasteiger partial charge in [-0.2, -0.15) is 0 Å². The van der Waals surface area contributed by atoms with Gasteiger partial charge in [-0.05, 0) is 42.5 Å². The van der Waals surface area contributed by atoms with Gasteiger partial charge in [-0.25, -0.2) is 9.78 Å². The molecule has 1 aromatic heterocycles. The number of ether oxygens (including phenoxy) is 2. The third-order valence-corrected chi connectivity index (χ3v) is 5.51. The molecule has 0 saturated carbocycles. The third-order valence-electron chi connectivity index (χ3n) is 4.56. The molecule has 0 aliphatic heterocycles. The maximum Gasteiger partial charge on any atom is 0.323 e. The molecule has 32 heavy (non-hydrogen) atoms. The Kier molecular flexibility index (Phi) is 6.18. The van der Waals surface area contributed by atoms with Crippen LogP contribution in [-0.4, -0.2) is 31.1 Å². The highest BCUT2D eigenvalue weighted by Gasteiger charge is 2.12. The number of rotatable bonds is 6. The Morgan fingerprint density at radius 1 is 0.875 bits per heavy atom. The van der Waals surface area contributed by atoms with Crippen molar-refractivity contribution in [3.63, 3.8) is 0 Å². The summed E-state index contributed by atoms with van der Waals surface area (Å²) in [4.78, 5) is 29.3. The molecule has 1 heterocycles. The van der Waals surface area contributed by atoms with E-state index in [1.165, 1.54) is 18.4 Å². The van der Waals surface area contributed by atoms with Gasteiger partial charge in [0.25, 0.3) is 5.91 Å². The molecule has 0 bridgehead atoms. The van der Waals surface area contributed by atoms with Crippen LogP contribution in [0.3, 0.4) is 0 Å².